The molecule has 0 aliphatic heterocycles. The van der Waals surface area contributed by atoms with Crippen molar-refractivity contribution in [2.75, 3.05) is 50.9 Å². The second-order valence-corrected chi connectivity index (χ2v) is 16.4. The summed E-state index contributed by atoms with van der Waals surface area (Å²) in [5, 5.41) is 19.0. The third-order valence-corrected chi connectivity index (χ3v) is 12.8. The minimum absolute atomic E-state index is 0.0477. The summed E-state index contributed by atoms with van der Waals surface area (Å²) in [6.07, 6.45) is 2.72. The summed E-state index contributed by atoms with van der Waals surface area (Å²) in [7, 11) is -7.92. The average molecular weight is 781 g/mol. The lowest BCUT2D eigenvalue weighted by Gasteiger charge is -2.25. The first-order chi connectivity index (χ1) is 25.8. The standard InChI is InChI=1S/C38H44N4O10S2/c1-3-5-19-41(21-23-43)53(47,48)27-15-11-25(12-16-27)51-37-33(39)31-32(36(46)30-10-8-7-9-29(30)35(31)45)34(40)38(37)52-26-13-17-28(18-14-26)54(49,50)42(22-24-44)20-6-4-2/h7-18,43-44H,3-6,19-24,39-40H2,1-2H3. The van der Waals surface area contributed by atoms with Crippen molar-refractivity contribution in [3.63, 3.8) is 0 Å². The van der Waals surface area contributed by atoms with Gasteiger partial charge >= 0.3 is 0 Å². The number of unbranched alkanes of at least 4 members (excludes halogenated alkanes) is 2. The molecule has 1 aliphatic rings. The maximum atomic E-state index is 13.8. The van der Waals surface area contributed by atoms with Gasteiger partial charge in [0.05, 0.1) is 45.5 Å². The van der Waals surface area contributed by atoms with Crippen LogP contribution in [-0.4, -0.2) is 86.6 Å². The van der Waals surface area contributed by atoms with Gasteiger partial charge in [0.15, 0.2) is 23.1 Å². The molecule has 0 aromatic heterocycles. The van der Waals surface area contributed by atoms with Crippen molar-refractivity contribution >= 4 is 43.0 Å². The lowest BCUT2D eigenvalue weighted by atomic mass is 9.82. The van der Waals surface area contributed by atoms with Crippen molar-refractivity contribution in [2.45, 2.75) is 49.3 Å². The summed E-state index contributed by atoms with van der Waals surface area (Å²) >= 11 is 0. The molecule has 16 heteroatoms. The smallest absolute Gasteiger partial charge is 0.243 e. The Morgan fingerprint density at radius 1 is 0.574 bits per heavy atom. The summed E-state index contributed by atoms with van der Waals surface area (Å²) in [5.41, 5.74) is 12.6. The maximum Gasteiger partial charge on any atom is 0.243 e. The number of ether oxygens (including phenoxy) is 2. The number of aliphatic hydroxyl groups is 2. The molecule has 0 saturated heterocycles. The highest BCUT2D eigenvalue weighted by atomic mass is 32.2. The molecule has 0 bridgehead atoms. The third-order valence-electron chi connectivity index (χ3n) is 8.94. The maximum absolute atomic E-state index is 13.8. The minimum atomic E-state index is -3.96. The Bertz CT molecular complexity index is 2070. The Balaban J connectivity index is 1.57. The quantitative estimate of drug-likeness (QED) is 0.0884. The number of benzene rings is 4. The molecule has 4 aromatic rings. The molecule has 0 unspecified atom stereocenters. The zero-order valence-electron chi connectivity index (χ0n) is 30.0. The van der Waals surface area contributed by atoms with Crippen LogP contribution >= 0.6 is 0 Å². The van der Waals surface area contributed by atoms with E-state index in [9.17, 15) is 36.6 Å². The number of nitrogen functional groups attached to an aromatic ring is 2. The number of anilines is 2. The van der Waals surface area contributed by atoms with E-state index >= 15 is 0 Å². The van der Waals surface area contributed by atoms with E-state index < -0.39 is 31.6 Å². The molecule has 288 valence electrons. The zero-order chi connectivity index (χ0) is 39.2. The summed E-state index contributed by atoms with van der Waals surface area (Å²) in [5.74, 6) is -1.44. The number of ketones is 2. The van der Waals surface area contributed by atoms with Crippen LogP contribution in [0.25, 0.3) is 0 Å². The summed E-state index contributed by atoms with van der Waals surface area (Å²) in [4.78, 5) is 27.5. The summed E-state index contributed by atoms with van der Waals surface area (Å²) in [6, 6.07) is 17.0. The Kier molecular flexibility index (Phi) is 12.8. The van der Waals surface area contributed by atoms with E-state index in [4.69, 9.17) is 20.9 Å². The van der Waals surface area contributed by atoms with E-state index in [1.807, 2.05) is 13.8 Å². The fourth-order valence-electron chi connectivity index (χ4n) is 6.05. The van der Waals surface area contributed by atoms with E-state index in [2.05, 4.69) is 0 Å². The molecular formula is C38H44N4O10S2. The number of aliphatic hydroxyl groups excluding tert-OH is 2. The molecule has 54 heavy (non-hydrogen) atoms. The molecule has 0 saturated carbocycles. The average Bonchev–Trinajstić information content (AvgIpc) is 3.17. The molecule has 1 aliphatic carbocycles. The highest BCUT2D eigenvalue weighted by molar-refractivity contribution is 7.89. The first kappa shape index (κ1) is 40.3. The van der Waals surface area contributed by atoms with E-state index in [-0.39, 0.29) is 106 Å². The molecule has 0 amide bonds. The van der Waals surface area contributed by atoms with Crippen molar-refractivity contribution in [1.29, 1.82) is 0 Å². The van der Waals surface area contributed by atoms with Crippen molar-refractivity contribution in [3.05, 3.63) is 95.1 Å². The van der Waals surface area contributed by atoms with Crippen LogP contribution in [0.3, 0.4) is 0 Å². The summed E-state index contributed by atoms with van der Waals surface area (Å²) < 4.78 is 68.3. The number of sulfonamides is 2. The number of hydrogen-bond donors (Lipinski definition) is 4. The number of carbonyl (C=O) groups excluding carboxylic acids is 2. The summed E-state index contributed by atoms with van der Waals surface area (Å²) in [6.45, 7) is 3.46. The molecule has 0 spiro atoms. The van der Waals surface area contributed by atoms with E-state index in [0.717, 1.165) is 12.8 Å². The van der Waals surface area contributed by atoms with Crippen LogP contribution in [0.15, 0.2) is 82.6 Å². The number of rotatable bonds is 18. The van der Waals surface area contributed by atoms with E-state index in [0.29, 0.717) is 12.8 Å². The zero-order valence-corrected chi connectivity index (χ0v) is 31.7. The van der Waals surface area contributed by atoms with Crippen LogP contribution in [0.5, 0.6) is 23.0 Å². The second-order valence-electron chi connectivity index (χ2n) is 12.5. The van der Waals surface area contributed by atoms with Crippen molar-refractivity contribution in [3.8, 4) is 23.0 Å². The van der Waals surface area contributed by atoms with Gasteiger partial charge in [-0.2, -0.15) is 8.61 Å². The van der Waals surface area contributed by atoms with Gasteiger partial charge in [-0.15, -0.1) is 0 Å². The van der Waals surface area contributed by atoms with Gasteiger partial charge in [0.25, 0.3) is 0 Å². The second kappa shape index (κ2) is 17.1. The third kappa shape index (κ3) is 7.99. The van der Waals surface area contributed by atoms with Gasteiger partial charge in [-0.05, 0) is 61.4 Å². The topological polar surface area (TPSA) is 220 Å². The van der Waals surface area contributed by atoms with E-state index in [1.54, 1.807) is 12.1 Å². The normalized spacial score (nSPS) is 12.9. The number of fused-ring (bicyclic) bond motifs is 2. The lowest BCUT2D eigenvalue weighted by molar-refractivity contribution is 0.0980. The van der Waals surface area contributed by atoms with Crippen LogP contribution in [0.2, 0.25) is 0 Å². The van der Waals surface area contributed by atoms with Crippen LogP contribution in [-0.2, 0) is 20.0 Å². The first-order valence-electron chi connectivity index (χ1n) is 17.5. The van der Waals surface area contributed by atoms with Crippen LogP contribution in [0, 0.1) is 0 Å². The van der Waals surface area contributed by atoms with Crippen molar-refractivity contribution < 1.29 is 46.1 Å². The predicted octanol–water partition coefficient (Wildman–Crippen LogP) is 4.78. The van der Waals surface area contributed by atoms with Gasteiger partial charge in [0, 0.05) is 37.3 Å². The molecule has 5 rings (SSSR count). The van der Waals surface area contributed by atoms with E-state index in [1.165, 1.54) is 69.3 Å². The molecule has 0 atom stereocenters. The molecule has 0 heterocycles. The molecule has 0 radical (unpaired) electrons. The number of carbonyl (C=O) groups is 2. The van der Waals surface area contributed by atoms with Crippen LogP contribution < -0.4 is 20.9 Å². The Morgan fingerprint density at radius 2 is 0.926 bits per heavy atom. The van der Waals surface area contributed by atoms with Gasteiger partial charge < -0.3 is 31.2 Å². The van der Waals surface area contributed by atoms with Gasteiger partial charge in [-0.25, -0.2) is 16.8 Å². The predicted molar refractivity (Wildman–Crippen MR) is 203 cm³/mol. The highest BCUT2D eigenvalue weighted by Crippen LogP contribution is 2.50. The molecule has 6 N–H and O–H groups in total. The van der Waals surface area contributed by atoms with Gasteiger partial charge in [-0.3, -0.25) is 9.59 Å². The van der Waals surface area contributed by atoms with Gasteiger partial charge in [0.1, 0.15) is 11.5 Å². The largest absolute Gasteiger partial charge is 0.451 e. The fraction of sp³-hybridized carbons (Fsp3) is 0.316. The van der Waals surface area contributed by atoms with Crippen LogP contribution in [0.1, 0.15) is 71.4 Å². The minimum Gasteiger partial charge on any atom is -0.451 e. The van der Waals surface area contributed by atoms with Crippen LogP contribution in [0.4, 0.5) is 11.4 Å². The SMILES string of the molecule is CCCCN(CCO)S(=O)(=O)c1ccc(Oc2c(N)c3c(c(N)c2Oc2ccc(S(=O)(=O)N(CCO)CCCC)cc2)C(=O)c2ccccc2C3=O)cc1. The molecule has 14 nitrogen and oxygen atoms in total. The number of hydrogen-bond acceptors (Lipinski definition) is 12. The highest BCUT2D eigenvalue weighted by Gasteiger charge is 2.38. The lowest BCUT2D eigenvalue weighted by Crippen LogP contribution is -2.34. The fourth-order valence-corrected chi connectivity index (χ4v) is 8.99. The molecule has 4 aromatic carbocycles. The Hall–Kier alpha value is -4.84. The Labute approximate surface area is 315 Å². The molecular weight excluding hydrogens is 737 g/mol. The first-order valence-corrected chi connectivity index (χ1v) is 20.4. The van der Waals surface area contributed by atoms with Crippen molar-refractivity contribution in [2.24, 2.45) is 0 Å². The number of nitrogens with zero attached hydrogens (tertiary/aromatic N) is 2. The Morgan fingerprint density at radius 3 is 1.24 bits per heavy atom. The van der Waals surface area contributed by atoms with Crippen molar-refractivity contribution in [1.82, 2.24) is 8.61 Å². The van der Waals surface area contributed by atoms with Gasteiger partial charge in [0.2, 0.25) is 20.0 Å². The monoisotopic (exact) mass is 780 g/mol. The van der Waals surface area contributed by atoms with Gasteiger partial charge in [-0.1, -0.05) is 51.0 Å². The number of nitrogens with two attached hydrogens (primary N) is 2. The molecule has 0 fully saturated rings.